The maximum atomic E-state index is 11.7. The van der Waals surface area contributed by atoms with Crippen molar-refractivity contribution >= 4 is 23.9 Å². The monoisotopic (exact) mass is 300 g/mol. The molecule has 0 fully saturated rings. The van der Waals surface area contributed by atoms with Gasteiger partial charge in [0.2, 0.25) is 5.91 Å². The Hall–Kier alpha value is -2.27. The first-order valence-corrected chi connectivity index (χ1v) is 7.40. The number of rotatable bonds is 6. The van der Waals surface area contributed by atoms with E-state index in [1.807, 2.05) is 54.6 Å². The SMILES string of the molecule is COc1cccc(/C=N/NC(=O)CSc2ccccc2)c1. The molecule has 2 aromatic rings. The quantitative estimate of drug-likeness (QED) is 0.507. The zero-order valence-electron chi connectivity index (χ0n) is 11.7. The molecule has 0 aromatic heterocycles. The van der Waals surface area contributed by atoms with Crippen molar-refractivity contribution in [1.82, 2.24) is 5.43 Å². The zero-order chi connectivity index (χ0) is 14.9. The first-order chi connectivity index (χ1) is 10.3. The molecule has 0 bridgehead atoms. The molecule has 0 unspecified atom stereocenters. The number of ether oxygens (including phenoxy) is 1. The highest BCUT2D eigenvalue weighted by molar-refractivity contribution is 8.00. The predicted molar refractivity (Wildman–Crippen MR) is 85.9 cm³/mol. The van der Waals surface area contributed by atoms with Crippen LogP contribution in [-0.2, 0) is 4.79 Å². The van der Waals surface area contributed by atoms with Crippen molar-refractivity contribution < 1.29 is 9.53 Å². The number of hydrogen-bond donors (Lipinski definition) is 1. The number of thioether (sulfide) groups is 1. The maximum Gasteiger partial charge on any atom is 0.250 e. The number of carbonyl (C=O) groups is 1. The van der Waals surface area contributed by atoms with Crippen LogP contribution in [0.25, 0.3) is 0 Å². The van der Waals surface area contributed by atoms with Gasteiger partial charge in [-0.1, -0.05) is 30.3 Å². The van der Waals surface area contributed by atoms with Crippen LogP contribution in [0.3, 0.4) is 0 Å². The number of nitrogens with zero attached hydrogens (tertiary/aromatic N) is 1. The van der Waals surface area contributed by atoms with Crippen LogP contribution in [-0.4, -0.2) is 25.0 Å². The molecule has 0 aliphatic heterocycles. The van der Waals surface area contributed by atoms with E-state index in [9.17, 15) is 4.79 Å². The summed E-state index contributed by atoms with van der Waals surface area (Å²) in [6, 6.07) is 17.2. The van der Waals surface area contributed by atoms with Crippen molar-refractivity contribution in [3.05, 3.63) is 60.2 Å². The van der Waals surface area contributed by atoms with Crippen LogP contribution in [0.1, 0.15) is 5.56 Å². The highest BCUT2D eigenvalue weighted by atomic mass is 32.2. The molecule has 0 heterocycles. The molecule has 2 rings (SSSR count). The number of nitrogens with one attached hydrogen (secondary N) is 1. The summed E-state index contributed by atoms with van der Waals surface area (Å²) in [5, 5.41) is 3.94. The van der Waals surface area contributed by atoms with Crippen LogP contribution in [0.15, 0.2) is 64.6 Å². The Balaban J connectivity index is 1.79. The third-order valence-electron chi connectivity index (χ3n) is 2.61. The number of methoxy groups -OCH3 is 1. The van der Waals surface area contributed by atoms with Crippen LogP contribution in [0.2, 0.25) is 0 Å². The van der Waals surface area contributed by atoms with Crippen LogP contribution in [0, 0.1) is 0 Å². The lowest BCUT2D eigenvalue weighted by molar-refractivity contribution is -0.118. The van der Waals surface area contributed by atoms with Gasteiger partial charge in [0.15, 0.2) is 0 Å². The first-order valence-electron chi connectivity index (χ1n) is 6.42. The third kappa shape index (κ3) is 5.31. The van der Waals surface area contributed by atoms with E-state index in [4.69, 9.17) is 4.74 Å². The smallest absolute Gasteiger partial charge is 0.250 e. The number of carbonyl (C=O) groups excluding carboxylic acids is 1. The van der Waals surface area contributed by atoms with Gasteiger partial charge in [-0.25, -0.2) is 5.43 Å². The van der Waals surface area contributed by atoms with Crippen molar-refractivity contribution in [2.24, 2.45) is 5.10 Å². The van der Waals surface area contributed by atoms with Gasteiger partial charge in [-0.05, 0) is 29.8 Å². The van der Waals surface area contributed by atoms with Crippen molar-refractivity contribution in [1.29, 1.82) is 0 Å². The second-order valence-corrected chi connectivity index (χ2v) is 5.22. The van der Waals surface area contributed by atoms with Crippen molar-refractivity contribution in [3.8, 4) is 5.75 Å². The molecular weight excluding hydrogens is 284 g/mol. The van der Waals surface area contributed by atoms with E-state index in [0.717, 1.165) is 16.2 Å². The molecule has 0 saturated carbocycles. The molecule has 2 aromatic carbocycles. The van der Waals surface area contributed by atoms with Crippen LogP contribution in [0.5, 0.6) is 5.75 Å². The molecule has 0 spiro atoms. The van der Waals surface area contributed by atoms with Crippen molar-refractivity contribution in [3.63, 3.8) is 0 Å². The van der Waals surface area contributed by atoms with Gasteiger partial charge in [-0.3, -0.25) is 4.79 Å². The zero-order valence-corrected chi connectivity index (χ0v) is 12.5. The lowest BCUT2D eigenvalue weighted by Gasteiger charge is -2.01. The largest absolute Gasteiger partial charge is 0.497 e. The molecule has 1 N–H and O–H groups in total. The maximum absolute atomic E-state index is 11.7. The Morgan fingerprint density at radius 3 is 2.81 bits per heavy atom. The molecular formula is C16H16N2O2S. The molecule has 0 radical (unpaired) electrons. The molecule has 0 aliphatic carbocycles. The Labute approximate surface area is 128 Å². The van der Waals surface area contributed by atoms with E-state index in [2.05, 4.69) is 10.5 Å². The Bertz CT molecular complexity index is 615. The van der Waals surface area contributed by atoms with Crippen LogP contribution >= 0.6 is 11.8 Å². The van der Waals surface area contributed by atoms with Crippen LogP contribution < -0.4 is 10.2 Å². The fourth-order valence-corrected chi connectivity index (χ4v) is 2.31. The summed E-state index contributed by atoms with van der Waals surface area (Å²) in [5.41, 5.74) is 3.37. The van der Waals surface area contributed by atoms with E-state index >= 15 is 0 Å². The summed E-state index contributed by atoms with van der Waals surface area (Å²) in [7, 11) is 1.61. The van der Waals surface area contributed by atoms with Gasteiger partial charge in [-0.15, -0.1) is 11.8 Å². The lowest BCUT2D eigenvalue weighted by atomic mass is 10.2. The van der Waals surface area contributed by atoms with Gasteiger partial charge >= 0.3 is 0 Å². The summed E-state index contributed by atoms with van der Waals surface area (Å²) in [4.78, 5) is 12.7. The molecule has 5 heteroatoms. The van der Waals surface area contributed by atoms with Gasteiger partial charge in [0.05, 0.1) is 19.1 Å². The van der Waals surface area contributed by atoms with Gasteiger partial charge < -0.3 is 4.74 Å². The fraction of sp³-hybridized carbons (Fsp3) is 0.125. The molecule has 0 aliphatic rings. The normalized spacial score (nSPS) is 10.5. The molecule has 0 atom stereocenters. The predicted octanol–water partition coefficient (Wildman–Crippen LogP) is 2.94. The fourth-order valence-electron chi connectivity index (χ4n) is 1.60. The lowest BCUT2D eigenvalue weighted by Crippen LogP contribution is -2.19. The average molecular weight is 300 g/mol. The first kappa shape index (κ1) is 15.1. The molecule has 108 valence electrons. The summed E-state index contributed by atoms with van der Waals surface area (Å²) in [6.07, 6.45) is 1.59. The second kappa shape index (κ2) is 8.11. The van der Waals surface area contributed by atoms with Gasteiger partial charge in [0.1, 0.15) is 5.75 Å². The molecule has 0 saturated heterocycles. The van der Waals surface area contributed by atoms with Gasteiger partial charge in [0, 0.05) is 4.90 Å². The molecule has 1 amide bonds. The Morgan fingerprint density at radius 1 is 1.24 bits per heavy atom. The van der Waals surface area contributed by atoms with Crippen LogP contribution in [0.4, 0.5) is 0 Å². The minimum Gasteiger partial charge on any atom is -0.497 e. The van der Waals surface area contributed by atoms with E-state index in [1.54, 1.807) is 13.3 Å². The highest BCUT2D eigenvalue weighted by Gasteiger charge is 2.00. The van der Waals surface area contributed by atoms with E-state index in [-0.39, 0.29) is 5.91 Å². The van der Waals surface area contributed by atoms with E-state index in [0.29, 0.717) is 5.75 Å². The number of amides is 1. The molecule has 4 nitrogen and oxygen atoms in total. The standard InChI is InChI=1S/C16H16N2O2S/c1-20-14-7-5-6-13(10-14)11-17-18-16(19)12-21-15-8-3-2-4-9-15/h2-11H,12H2,1H3,(H,18,19)/b17-11+. The summed E-state index contributed by atoms with van der Waals surface area (Å²) >= 11 is 1.47. The summed E-state index contributed by atoms with van der Waals surface area (Å²) in [6.45, 7) is 0. The summed E-state index contributed by atoms with van der Waals surface area (Å²) < 4.78 is 5.12. The van der Waals surface area contributed by atoms with Gasteiger partial charge in [0.25, 0.3) is 0 Å². The minimum absolute atomic E-state index is 0.136. The van der Waals surface area contributed by atoms with E-state index in [1.165, 1.54) is 11.8 Å². The Kier molecular flexibility index (Phi) is 5.84. The van der Waals surface area contributed by atoms with Gasteiger partial charge in [-0.2, -0.15) is 5.10 Å². The minimum atomic E-state index is -0.136. The average Bonchev–Trinajstić information content (AvgIpc) is 2.54. The number of hydrogen-bond acceptors (Lipinski definition) is 4. The number of benzene rings is 2. The highest BCUT2D eigenvalue weighted by Crippen LogP contribution is 2.16. The summed E-state index contributed by atoms with van der Waals surface area (Å²) in [5.74, 6) is 0.951. The topological polar surface area (TPSA) is 50.7 Å². The van der Waals surface area contributed by atoms with Crippen molar-refractivity contribution in [2.45, 2.75) is 4.90 Å². The Morgan fingerprint density at radius 2 is 2.05 bits per heavy atom. The number of hydrazone groups is 1. The second-order valence-electron chi connectivity index (χ2n) is 4.17. The third-order valence-corrected chi connectivity index (χ3v) is 3.62. The van der Waals surface area contributed by atoms with E-state index < -0.39 is 0 Å². The molecule has 21 heavy (non-hydrogen) atoms. The van der Waals surface area contributed by atoms with Crippen molar-refractivity contribution in [2.75, 3.05) is 12.9 Å².